The highest BCUT2D eigenvalue weighted by Gasteiger charge is 2.59. The van der Waals surface area contributed by atoms with E-state index in [1.54, 1.807) is 0 Å². The summed E-state index contributed by atoms with van der Waals surface area (Å²) in [5.74, 6) is 0.565. The smallest absolute Gasteiger partial charge is 0.309 e. The molecule has 0 aromatic carbocycles. The topological polar surface area (TPSA) is 26.3 Å². The molecule has 1 aliphatic carbocycles. The highest BCUT2D eigenvalue weighted by Crippen LogP contribution is 2.58. The molecule has 0 radical (unpaired) electrons. The van der Waals surface area contributed by atoms with Gasteiger partial charge in [-0.05, 0) is 11.3 Å². The van der Waals surface area contributed by atoms with Gasteiger partial charge in [0.05, 0.1) is 13.0 Å². The maximum Gasteiger partial charge on any atom is 0.309 e. The van der Waals surface area contributed by atoms with E-state index in [0.717, 1.165) is 0 Å². The van der Waals surface area contributed by atoms with Crippen molar-refractivity contribution in [3.63, 3.8) is 0 Å². The molecular formula is C8H14O2. The number of carbonyl (C=O) groups excluding carboxylic acids is 1. The van der Waals surface area contributed by atoms with Crippen molar-refractivity contribution in [3.05, 3.63) is 0 Å². The first-order valence-corrected chi connectivity index (χ1v) is 3.59. The predicted octanol–water partition coefficient (Wildman–Crippen LogP) is 1.45. The van der Waals surface area contributed by atoms with Gasteiger partial charge < -0.3 is 4.74 Å². The molecule has 1 aliphatic rings. The van der Waals surface area contributed by atoms with Crippen LogP contribution in [0.15, 0.2) is 0 Å². The number of hydrogen-bond donors (Lipinski definition) is 0. The van der Waals surface area contributed by atoms with Crippen molar-refractivity contribution in [1.29, 1.82) is 0 Å². The monoisotopic (exact) mass is 142 g/mol. The average Bonchev–Trinajstić information content (AvgIpc) is 2.33. The maximum atomic E-state index is 11.0. The minimum Gasteiger partial charge on any atom is -0.469 e. The van der Waals surface area contributed by atoms with Gasteiger partial charge in [0.2, 0.25) is 0 Å². The van der Waals surface area contributed by atoms with Crippen LogP contribution in [0, 0.1) is 17.3 Å². The second-order valence-corrected chi connectivity index (χ2v) is 3.61. The zero-order valence-electron chi connectivity index (χ0n) is 6.97. The standard InChI is InChI=1S/C8H14O2/c1-5-6(7(9)10-4)8(5,2)3/h5-6H,1-4H3/t5-,6?/m1/s1. The Bertz CT molecular complexity index is 161. The van der Waals surface area contributed by atoms with E-state index in [4.69, 9.17) is 0 Å². The Morgan fingerprint density at radius 3 is 2.00 bits per heavy atom. The Morgan fingerprint density at radius 2 is 1.90 bits per heavy atom. The van der Waals surface area contributed by atoms with Crippen molar-refractivity contribution in [2.24, 2.45) is 17.3 Å². The van der Waals surface area contributed by atoms with Crippen LogP contribution < -0.4 is 0 Å². The molecule has 1 unspecified atom stereocenters. The van der Waals surface area contributed by atoms with E-state index >= 15 is 0 Å². The van der Waals surface area contributed by atoms with Crippen LogP contribution in [0.2, 0.25) is 0 Å². The molecule has 0 heterocycles. The summed E-state index contributed by atoms with van der Waals surface area (Å²) < 4.78 is 4.64. The van der Waals surface area contributed by atoms with Crippen LogP contribution >= 0.6 is 0 Å². The molecule has 10 heavy (non-hydrogen) atoms. The van der Waals surface area contributed by atoms with Crippen molar-refractivity contribution in [3.8, 4) is 0 Å². The highest BCUT2D eigenvalue weighted by atomic mass is 16.5. The molecule has 0 N–H and O–H groups in total. The normalized spacial score (nSPS) is 35.2. The molecule has 0 aromatic heterocycles. The fourth-order valence-corrected chi connectivity index (χ4v) is 1.53. The van der Waals surface area contributed by atoms with Crippen LogP contribution in [0.5, 0.6) is 0 Å². The van der Waals surface area contributed by atoms with Crippen molar-refractivity contribution in [1.82, 2.24) is 0 Å². The molecule has 1 rings (SSSR count). The SMILES string of the molecule is COC(=O)C1[C@@H](C)C1(C)C. The zero-order valence-corrected chi connectivity index (χ0v) is 6.97. The summed E-state index contributed by atoms with van der Waals surface area (Å²) in [5, 5.41) is 0. The van der Waals surface area contributed by atoms with E-state index in [0.29, 0.717) is 5.92 Å². The minimum absolute atomic E-state index is 0.0579. The van der Waals surface area contributed by atoms with Gasteiger partial charge in [-0.3, -0.25) is 4.79 Å². The third kappa shape index (κ3) is 0.825. The van der Waals surface area contributed by atoms with E-state index in [-0.39, 0.29) is 17.3 Å². The third-order valence-electron chi connectivity index (χ3n) is 2.82. The molecule has 0 saturated heterocycles. The molecule has 0 aliphatic heterocycles. The van der Waals surface area contributed by atoms with Crippen molar-refractivity contribution >= 4 is 5.97 Å². The second kappa shape index (κ2) is 1.97. The first kappa shape index (κ1) is 7.58. The summed E-state index contributed by atoms with van der Waals surface area (Å²) in [6, 6.07) is 0. The lowest BCUT2D eigenvalue weighted by Crippen LogP contribution is -2.07. The van der Waals surface area contributed by atoms with Crippen molar-refractivity contribution in [2.75, 3.05) is 7.11 Å². The Balaban J connectivity index is 2.57. The summed E-state index contributed by atoms with van der Waals surface area (Å²) in [6.07, 6.45) is 0. The first-order valence-electron chi connectivity index (χ1n) is 3.59. The molecule has 1 fully saturated rings. The number of rotatable bonds is 1. The predicted molar refractivity (Wildman–Crippen MR) is 38.5 cm³/mol. The highest BCUT2D eigenvalue weighted by molar-refractivity contribution is 5.77. The van der Waals surface area contributed by atoms with Crippen LogP contribution in [-0.4, -0.2) is 13.1 Å². The van der Waals surface area contributed by atoms with E-state index in [9.17, 15) is 4.79 Å². The molecule has 1 saturated carbocycles. The Hall–Kier alpha value is -0.530. The van der Waals surface area contributed by atoms with Crippen LogP contribution in [0.3, 0.4) is 0 Å². The van der Waals surface area contributed by atoms with E-state index < -0.39 is 0 Å². The van der Waals surface area contributed by atoms with Crippen LogP contribution in [0.4, 0.5) is 0 Å². The van der Waals surface area contributed by atoms with Gasteiger partial charge >= 0.3 is 5.97 Å². The number of hydrogen-bond acceptors (Lipinski definition) is 2. The van der Waals surface area contributed by atoms with Crippen LogP contribution in [0.1, 0.15) is 20.8 Å². The number of methoxy groups -OCH3 is 1. The van der Waals surface area contributed by atoms with Gasteiger partial charge in [-0.25, -0.2) is 0 Å². The van der Waals surface area contributed by atoms with Gasteiger partial charge in [-0.15, -0.1) is 0 Å². The van der Waals surface area contributed by atoms with E-state index in [1.807, 2.05) is 0 Å². The van der Waals surface area contributed by atoms with E-state index in [2.05, 4.69) is 25.5 Å². The largest absolute Gasteiger partial charge is 0.469 e. The molecule has 0 bridgehead atoms. The van der Waals surface area contributed by atoms with Gasteiger partial charge in [-0.1, -0.05) is 20.8 Å². The number of ether oxygens (including phenoxy) is 1. The molecule has 0 aromatic rings. The summed E-state index contributed by atoms with van der Waals surface area (Å²) in [4.78, 5) is 11.0. The van der Waals surface area contributed by atoms with Gasteiger partial charge in [0, 0.05) is 0 Å². The van der Waals surface area contributed by atoms with Gasteiger partial charge in [0.1, 0.15) is 0 Å². The van der Waals surface area contributed by atoms with Gasteiger partial charge in [0.15, 0.2) is 0 Å². The maximum absolute atomic E-state index is 11.0. The molecule has 2 heteroatoms. The number of carbonyl (C=O) groups is 1. The van der Waals surface area contributed by atoms with E-state index in [1.165, 1.54) is 7.11 Å². The van der Waals surface area contributed by atoms with Gasteiger partial charge in [-0.2, -0.15) is 0 Å². The fourth-order valence-electron chi connectivity index (χ4n) is 1.53. The van der Waals surface area contributed by atoms with Crippen LogP contribution in [0.25, 0.3) is 0 Å². The summed E-state index contributed by atoms with van der Waals surface area (Å²) in [5.41, 5.74) is 0.174. The Kier molecular flexibility index (Phi) is 1.50. The Labute approximate surface area is 61.6 Å². The molecule has 2 atom stereocenters. The van der Waals surface area contributed by atoms with Crippen molar-refractivity contribution < 1.29 is 9.53 Å². The minimum atomic E-state index is -0.0579. The second-order valence-electron chi connectivity index (χ2n) is 3.61. The molecule has 58 valence electrons. The number of esters is 1. The molecular weight excluding hydrogens is 128 g/mol. The van der Waals surface area contributed by atoms with Crippen LogP contribution in [-0.2, 0) is 9.53 Å². The summed E-state index contributed by atoms with van der Waals surface area (Å²) in [6.45, 7) is 6.28. The molecule has 2 nitrogen and oxygen atoms in total. The van der Waals surface area contributed by atoms with Gasteiger partial charge in [0.25, 0.3) is 0 Å². The van der Waals surface area contributed by atoms with Crippen molar-refractivity contribution in [2.45, 2.75) is 20.8 Å². The first-order chi connectivity index (χ1) is 4.51. The average molecular weight is 142 g/mol. The fraction of sp³-hybridized carbons (Fsp3) is 0.875. The lowest BCUT2D eigenvalue weighted by atomic mass is 10.1. The lowest BCUT2D eigenvalue weighted by Gasteiger charge is -1.99. The Morgan fingerprint density at radius 1 is 1.50 bits per heavy atom. The summed E-state index contributed by atoms with van der Waals surface area (Å²) in [7, 11) is 1.45. The summed E-state index contributed by atoms with van der Waals surface area (Å²) >= 11 is 0. The lowest BCUT2D eigenvalue weighted by molar-refractivity contribution is -0.143. The zero-order chi connectivity index (χ0) is 7.94. The quantitative estimate of drug-likeness (QED) is 0.518. The molecule has 0 spiro atoms. The molecule has 0 amide bonds. The third-order valence-corrected chi connectivity index (χ3v) is 2.82.